The summed E-state index contributed by atoms with van der Waals surface area (Å²) in [4.78, 5) is 15.1. The third kappa shape index (κ3) is 2.15. The monoisotopic (exact) mass is 211 g/mol. The number of nitrogens with zero attached hydrogens (tertiary/aromatic N) is 2. The number of carbonyl (C=O) groups excluding carboxylic acids is 1. The molecule has 1 aromatic rings. The first-order chi connectivity index (χ1) is 7.31. The van der Waals surface area contributed by atoms with E-state index in [1.54, 1.807) is 0 Å². The number of H-pyrrole nitrogens is 1. The van der Waals surface area contributed by atoms with Crippen LogP contribution >= 0.6 is 0 Å². The van der Waals surface area contributed by atoms with Gasteiger partial charge >= 0.3 is 5.97 Å². The van der Waals surface area contributed by atoms with Crippen molar-refractivity contribution in [1.82, 2.24) is 15.2 Å². The van der Waals surface area contributed by atoms with E-state index in [2.05, 4.69) is 19.9 Å². The Hall–Kier alpha value is -1.43. The molecule has 1 aromatic heterocycles. The van der Waals surface area contributed by atoms with Gasteiger partial charge in [0.05, 0.1) is 7.11 Å². The number of aromatic nitrogens is 3. The predicted octanol–water partition coefficient (Wildman–Crippen LogP) is 0.833. The number of nitrogens with one attached hydrogen (secondary N) is 1. The molecule has 1 fully saturated rings. The molecule has 0 saturated carbocycles. The molecular weight excluding hydrogens is 198 g/mol. The first-order valence-electron chi connectivity index (χ1n) is 4.93. The van der Waals surface area contributed by atoms with Crippen molar-refractivity contribution in [3.63, 3.8) is 0 Å². The lowest BCUT2D eigenvalue weighted by Crippen LogP contribution is -2.13. The third-order valence-corrected chi connectivity index (χ3v) is 2.36. The van der Waals surface area contributed by atoms with E-state index in [0.29, 0.717) is 5.82 Å². The second kappa shape index (κ2) is 4.39. The van der Waals surface area contributed by atoms with Gasteiger partial charge in [-0.3, -0.25) is 5.10 Å². The van der Waals surface area contributed by atoms with Gasteiger partial charge in [0.15, 0.2) is 5.82 Å². The maximum Gasteiger partial charge on any atom is 0.377 e. The summed E-state index contributed by atoms with van der Waals surface area (Å²) in [6, 6.07) is 0. The molecule has 0 aliphatic carbocycles. The Morgan fingerprint density at radius 2 is 2.47 bits per heavy atom. The third-order valence-electron chi connectivity index (χ3n) is 2.36. The second-order valence-electron chi connectivity index (χ2n) is 3.39. The minimum Gasteiger partial charge on any atom is -0.463 e. The van der Waals surface area contributed by atoms with Gasteiger partial charge in [-0.15, -0.1) is 5.10 Å². The SMILES string of the molecule is COC(=O)c1n[nH]c(C2CCCCO2)n1. The normalized spacial score (nSPS) is 21.3. The van der Waals surface area contributed by atoms with E-state index in [4.69, 9.17) is 4.74 Å². The average Bonchev–Trinajstić information content (AvgIpc) is 2.78. The van der Waals surface area contributed by atoms with E-state index in [-0.39, 0.29) is 11.9 Å². The molecule has 1 aliphatic rings. The number of methoxy groups -OCH3 is 1. The number of aromatic amines is 1. The molecule has 1 N–H and O–H groups in total. The fraction of sp³-hybridized carbons (Fsp3) is 0.667. The van der Waals surface area contributed by atoms with Crippen LogP contribution in [0.3, 0.4) is 0 Å². The van der Waals surface area contributed by atoms with Gasteiger partial charge in [0.1, 0.15) is 6.10 Å². The number of carbonyl (C=O) groups is 1. The first-order valence-corrected chi connectivity index (χ1v) is 4.93. The van der Waals surface area contributed by atoms with Gasteiger partial charge in [0.25, 0.3) is 5.82 Å². The summed E-state index contributed by atoms with van der Waals surface area (Å²) >= 11 is 0. The molecule has 82 valence electrons. The summed E-state index contributed by atoms with van der Waals surface area (Å²) in [5, 5.41) is 6.48. The fourth-order valence-electron chi connectivity index (χ4n) is 1.56. The highest BCUT2D eigenvalue weighted by molar-refractivity contribution is 5.84. The van der Waals surface area contributed by atoms with Crippen molar-refractivity contribution in [2.45, 2.75) is 25.4 Å². The Labute approximate surface area is 87.0 Å². The molecule has 0 amide bonds. The average molecular weight is 211 g/mol. The van der Waals surface area contributed by atoms with Gasteiger partial charge in [-0.1, -0.05) is 0 Å². The van der Waals surface area contributed by atoms with E-state index >= 15 is 0 Å². The van der Waals surface area contributed by atoms with Crippen molar-refractivity contribution in [1.29, 1.82) is 0 Å². The van der Waals surface area contributed by atoms with E-state index in [1.807, 2.05) is 0 Å². The molecule has 1 aliphatic heterocycles. The maximum absolute atomic E-state index is 11.1. The smallest absolute Gasteiger partial charge is 0.377 e. The Morgan fingerprint density at radius 1 is 1.60 bits per heavy atom. The lowest BCUT2D eigenvalue weighted by Gasteiger charge is -2.19. The standard InChI is InChI=1S/C9H13N3O3/c1-14-9(13)8-10-7(11-12-8)6-4-2-3-5-15-6/h6H,2-5H2,1H3,(H,10,11,12). The Morgan fingerprint density at radius 3 is 3.13 bits per heavy atom. The summed E-state index contributed by atoms with van der Waals surface area (Å²) in [7, 11) is 1.30. The molecule has 1 saturated heterocycles. The number of hydrogen-bond acceptors (Lipinski definition) is 5. The highest BCUT2D eigenvalue weighted by atomic mass is 16.5. The molecule has 0 bridgehead atoms. The van der Waals surface area contributed by atoms with Gasteiger partial charge < -0.3 is 9.47 Å². The maximum atomic E-state index is 11.1. The zero-order valence-electron chi connectivity index (χ0n) is 8.52. The largest absolute Gasteiger partial charge is 0.463 e. The van der Waals surface area contributed by atoms with Crippen LogP contribution in [0.15, 0.2) is 0 Å². The Balaban J connectivity index is 2.08. The predicted molar refractivity (Wildman–Crippen MR) is 50.3 cm³/mol. The summed E-state index contributed by atoms with van der Waals surface area (Å²) < 4.78 is 10.0. The summed E-state index contributed by atoms with van der Waals surface area (Å²) in [5.74, 6) is 0.130. The molecule has 15 heavy (non-hydrogen) atoms. The topological polar surface area (TPSA) is 77.1 Å². The van der Waals surface area contributed by atoms with Crippen molar-refractivity contribution >= 4 is 5.97 Å². The van der Waals surface area contributed by atoms with Gasteiger partial charge in [0.2, 0.25) is 0 Å². The van der Waals surface area contributed by atoms with Crippen LogP contribution < -0.4 is 0 Å². The molecule has 0 radical (unpaired) electrons. The molecule has 0 aromatic carbocycles. The highest BCUT2D eigenvalue weighted by Gasteiger charge is 2.21. The van der Waals surface area contributed by atoms with Crippen molar-refractivity contribution in [3.8, 4) is 0 Å². The molecule has 2 heterocycles. The summed E-state index contributed by atoms with van der Waals surface area (Å²) in [5.41, 5.74) is 0. The lowest BCUT2D eigenvalue weighted by molar-refractivity contribution is 0.00960. The zero-order valence-corrected chi connectivity index (χ0v) is 8.52. The van der Waals surface area contributed by atoms with Crippen molar-refractivity contribution < 1.29 is 14.3 Å². The zero-order chi connectivity index (χ0) is 10.7. The van der Waals surface area contributed by atoms with Gasteiger partial charge in [-0.25, -0.2) is 9.78 Å². The van der Waals surface area contributed by atoms with Crippen LogP contribution in [0.25, 0.3) is 0 Å². The summed E-state index contributed by atoms with van der Waals surface area (Å²) in [6.07, 6.45) is 3.04. The van der Waals surface area contributed by atoms with E-state index < -0.39 is 5.97 Å². The Bertz CT molecular complexity index is 344. The molecule has 6 heteroatoms. The van der Waals surface area contributed by atoms with Gasteiger partial charge in [-0.05, 0) is 19.3 Å². The molecule has 6 nitrogen and oxygen atoms in total. The van der Waals surface area contributed by atoms with Gasteiger partial charge in [-0.2, -0.15) is 0 Å². The van der Waals surface area contributed by atoms with Gasteiger partial charge in [0, 0.05) is 6.61 Å². The van der Waals surface area contributed by atoms with Crippen LogP contribution in [0.4, 0.5) is 0 Å². The van der Waals surface area contributed by atoms with E-state index in [1.165, 1.54) is 7.11 Å². The van der Waals surface area contributed by atoms with Crippen LogP contribution in [-0.2, 0) is 9.47 Å². The minimum atomic E-state index is -0.534. The molecule has 1 unspecified atom stereocenters. The van der Waals surface area contributed by atoms with E-state index in [9.17, 15) is 4.79 Å². The highest BCUT2D eigenvalue weighted by Crippen LogP contribution is 2.24. The quantitative estimate of drug-likeness (QED) is 0.733. The van der Waals surface area contributed by atoms with Crippen molar-refractivity contribution in [2.75, 3.05) is 13.7 Å². The Kier molecular flexibility index (Phi) is 2.96. The summed E-state index contributed by atoms with van der Waals surface area (Å²) in [6.45, 7) is 0.735. The van der Waals surface area contributed by atoms with Crippen LogP contribution in [0.5, 0.6) is 0 Å². The number of esters is 1. The number of rotatable bonds is 2. The van der Waals surface area contributed by atoms with Crippen LogP contribution in [-0.4, -0.2) is 34.9 Å². The number of hydrogen-bond donors (Lipinski definition) is 1. The minimum absolute atomic E-state index is 0.0571. The number of ether oxygens (including phenoxy) is 2. The van der Waals surface area contributed by atoms with Crippen molar-refractivity contribution in [3.05, 3.63) is 11.6 Å². The van der Waals surface area contributed by atoms with Crippen LogP contribution in [0.2, 0.25) is 0 Å². The van der Waals surface area contributed by atoms with Crippen LogP contribution in [0.1, 0.15) is 41.8 Å². The molecular formula is C9H13N3O3. The van der Waals surface area contributed by atoms with Crippen molar-refractivity contribution in [2.24, 2.45) is 0 Å². The molecule has 1 atom stereocenters. The molecule has 2 rings (SSSR count). The lowest BCUT2D eigenvalue weighted by atomic mass is 10.1. The second-order valence-corrected chi connectivity index (χ2v) is 3.39. The van der Waals surface area contributed by atoms with Crippen LogP contribution in [0, 0.1) is 0 Å². The fourth-order valence-corrected chi connectivity index (χ4v) is 1.56. The first kappa shape index (κ1) is 10.1. The molecule has 0 spiro atoms. The van der Waals surface area contributed by atoms with E-state index in [0.717, 1.165) is 25.9 Å².